The molecule has 0 bridgehead atoms. The third-order valence-electron chi connectivity index (χ3n) is 4.13. The summed E-state index contributed by atoms with van der Waals surface area (Å²) in [6, 6.07) is 4.83. The number of halogens is 1. The lowest BCUT2D eigenvalue weighted by atomic mass is 9.78. The largest absolute Gasteiger partial charge is 0.385 e. The van der Waals surface area contributed by atoms with E-state index in [1.165, 1.54) is 12.5 Å². The molecule has 1 aliphatic carbocycles. The van der Waals surface area contributed by atoms with Crippen molar-refractivity contribution in [2.75, 3.05) is 6.61 Å². The van der Waals surface area contributed by atoms with Gasteiger partial charge in [-0.3, -0.25) is 0 Å². The van der Waals surface area contributed by atoms with E-state index in [2.05, 4.69) is 0 Å². The number of rotatable bonds is 4. The first-order chi connectivity index (χ1) is 9.09. The van der Waals surface area contributed by atoms with Gasteiger partial charge in [-0.15, -0.1) is 0 Å². The van der Waals surface area contributed by atoms with E-state index in [4.69, 9.17) is 4.74 Å². The molecule has 2 rings (SSSR count). The molecule has 0 saturated heterocycles. The lowest BCUT2D eigenvalue weighted by Gasteiger charge is -2.41. The number of aliphatic hydroxyl groups is 1. The van der Waals surface area contributed by atoms with Crippen LogP contribution in [-0.2, 0) is 4.74 Å². The fraction of sp³-hybridized carbons (Fsp3) is 0.625. The summed E-state index contributed by atoms with van der Waals surface area (Å²) in [5.41, 5.74) is 0.838. The van der Waals surface area contributed by atoms with E-state index in [0.29, 0.717) is 12.2 Å². The van der Waals surface area contributed by atoms with Gasteiger partial charge in [-0.25, -0.2) is 4.39 Å². The van der Waals surface area contributed by atoms with Crippen molar-refractivity contribution in [1.29, 1.82) is 0 Å². The quantitative estimate of drug-likeness (QED) is 0.895. The van der Waals surface area contributed by atoms with Gasteiger partial charge in [-0.1, -0.05) is 31.4 Å². The number of benzene rings is 1. The monoisotopic (exact) mass is 266 g/mol. The molecule has 0 heterocycles. The van der Waals surface area contributed by atoms with Crippen LogP contribution in [0.5, 0.6) is 0 Å². The summed E-state index contributed by atoms with van der Waals surface area (Å²) in [7, 11) is 0. The molecule has 0 aromatic heterocycles. The molecule has 3 heteroatoms. The molecule has 0 radical (unpaired) electrons. The Balaban J connectivity index is 2.27. The predicted molar refractivity (Wildman–Crippen MR) is 73.5 cm³/mol. The van der Waals surface area contributed by atoms with E-state index in [1.807, 2.05) is 6.92 Å². The highest BCUT2D eigenvalue weighted by Gasteiger charge is 2.40. The predicted octanol–water partition coefficient (Wildman–Crippen LogP) is 3.91. The van der Waals surface area contributed by atoms with Crippen LogP contribution in [0.4, 0.5) is 4.39 Å². The Hall–Kier alpha value is -0.930. The van der Waals surface area contributed by atoms with Gasteiger partial charge in [0.1, 0.15) is 11.9 Å². The van der Waals surface area contributed by atoms with Gasteiger partial charge in [0.2, 0.25) is 0 Å². The maximum Gasteiger partial charge on any atom is 0.126 e. The van der Waals surface area contributed by atoms with Crippen LogP contribution < -0.4 is 0 Å². The Kier molecular flexibility index (Phi) is 4.58. The summed E-state index contributed by atoms with van der Waals surface area (Å²) >= 11 is 0. The molecule has 106 valence electrons. The Morgan fingerprint density at radius 2 is 2.00 bits per heavy atom. The molecule has 0 spiro atoms. The molecule has 1 atom stereocenters. The first-order valence-electron chi connectivity index (χ1n) is 7.17. The molecule has 1 saturated carbocycles. The van der Waals surface area contributed by atoms with Crippen LogP contribution in [-0.4, -0.2) is 17.3 Å². The lowest BCUT2D eigenvalue weighted by molar-refractivity contribution is -0.141. The van der Waals surface area contributed by atoms with Crippen molar-refractivity contribution in [3.05, 3.63) is 35.1 Å². The summed E-state index contributed by atoms with van der Waals surface area (Å²) in [4.78, 5) is 0. The van der Waals surface area contributed by atoms with E-state index < -0.39 is 11.7 Å². The van der Waals surface area contributed by atoms with Gasteiger partial charge in [0, 0.05) is 6.61 Å². The standard InChI is InChI=1S/C16H23FO2/c1-3-19-16(9-5-4-6-10-16)15(18)13-7-8-14(17)12(2)11-13/h7-8,11,15,18H,3-6,9-10H2,1-2H3. The van der Waals surface area contributed by atoms with Crippen LogP contribution in [0.25, 0.3) is 0 Å². The molecule has 19 heavy (non-hydrogen) atoms. The fourth-order valence-corrected chi connectivity index (χ4v) is 3.08. The summed E-state index contributed by atoms with van der Waals surface area (Å²) < 4.78 is 19.2. The zero-order valence-electron chi connectivity index (χ0n) is 11.8. The van der Waals surface area contributed by atoms with Crippen LogP contribution in [0.3, 0.4) is 0 Å². The van der Waals surface area contributed by atoms with Gasteiger partial charge in [0.25, 0.3) is 0 Å². The van der Waals surface area contributed by atoms with Gasteiger partial charge >= 0.3 is 0 Å². The van der Waals surface area contributed by atoms with Crippen LogP contribution >= 0.6 is 0 Å². The molecule has 1 fully saturated rings. The molecule has 1 aromatic carbocycles. The minimum Gasteiger partial charge on any atom is -0.385 e. The molecule has 2 nitrogen and oxygen atoms in total. The van der Waals surface area contributed by atoms with E-state index >= 15 is 0 Å². The first-order valence-corrected chi connectivity index (χ1v) is 7.17. The number of aliphatic hydroxyl groups excluding tert-OH is 1. The number of hydrogen-bond donors (Lipinski definition) is 1. The van der Waals surface area contributed by atoms with E-state index in [1.54, 1.807) is 19.1 Å². The van der Waals surface area contributed by atoms with Gasteiger partial charge in [-0.05, 0) is 43.9 Å². The van der Waals surface area contributed by atoms with Crippen molar-refractivity contribution in [1.82, 2.24) is 0 Å². The van der Waals surface area contributed by atoms with Crippen molar-refractivity contribution in [2.45, 2.75) is 57.7 Å². The molecule has 1 aliphatic rings. The maximum absolute atomic E-state index is 13.3. The van der Waals surface area contributed by atoms with Crippen molar-refractivity contribution in [3.8, 4) is 0 Å². The average Bonchev–Trinajstić information content (AvgIpc) is 2.42. The zero-order chi connectivity index (χ0) is 13.9. The first kappa shape index (κ1) is 14.5. The highest BCUT2D eigenvalue weighted by atomic mass is 19.1. The number of hydrogen-bond acceptors (Lipinski definition) is 2. The Labute approximate surface area is 114 Å². The third-order valence-corrected chi connectivity index (χ3v) is 4.13. The molecule has 1 unspecified atom stereocenters. The molecule has 1 aromatic rings. The van der Waals surface area contributed by atoms with Crippen molar-refractivity contribution >= 4 is 0 Å². The maximum atomic E-state index is 13.3. The topological polar surface area (TPSA) is 29.5 Å². The highest BCUT2D eigenvalue weighted by Crippen LogP contribution is 2.41. The lowest BCUT2D eigenvalue weighted by Crippen LogP contribution is -2.41. The normalized spacial score (nSPS) is 20.2. The minimum absolute atomic E-state index is 0.231. The van der Waals surface area contributed by atoms with Gasteiger partial charge in [0.15, 0.2) is 0 Å². The summed E-state index contributed by atoms with van der Waals surface area (Å²) in [5, 5.41) is 10.7. The van der Waals surface area contributed by atoms with Crippen LogP contribution in [0.15, 0.2) is 18.2 Å². The molecular weight excluding hydrogens is 243 g/mol. The Bertz CT molecular complexity index is 419. The molecule has 0 aliphatic heterocycles. The SMILES string of the molecule is CCOC1(C(O)c2ccc(F)c(C)c2)CCCCC1. The summed E-state index contributed by atoms with van der Waals surface area (Å²) in [5.74, 6) is -0.231. The van der Waals surface area contributed by atoms with Crippen LogP contribution in [0.1, 0.15) is 56.3 Å². The zero-order valence-corrected chi connectivity index (χ0v) is 11.8. The van der Waals surface area contributed by atoms with Crippen molar-refractivity contribution < 1.29 is 14.2 Å². The second-order valence-corrected chi connectivity index (χ2v) is 5.47. The summed E-state index contributed by atoms with van der Waals surface area (Å²) in [6.45, 7) is 4.27. The highest BCUT2D eigenvalue weighted by molar-refractivity contribution is 5.27. The fourth-order valence-electron chi connectivity index (χ4n) is 3.08. The summed E-state index contributed by atoms with van der Waals surface area (Å²) in [6.07, 6.45) is 4.43. The number of ether oxygens (including phenoxy) is 1. The van der Waals surface area contributed by atoms with Crippen LogP contribution in [0.2, 0.25) is 0 Å². The molecular formula is C16H23FO2. The van der Waals surface area contributed by atoms with Crippen molar-refractivity contribution in [3.63, 3.8) is 0 Å². The van der Waals surface area contributed by atoms with Crippen molar-refractivity contribution in [2.24, 2.45) is 0 Å². The van der Waals surface area contributed by atoms with E-state index in [9.17, 15) is 9.50 Å². The second kappa shape index (κ2) is 6.02. The second-order valence-electron chi connectivity index (χ2n) is 5.47. The smallest absolute Gasteiger partial charge is 0.126 e. The van der Waals surface area contributed by atoms with E-state index in [-0.39, 0.29) is 5.82 Å². The average molecular weight is 266 g/mol. The number of aryl methyl sites for hydroxylation is 1. The minimum atomic E-state index is -0.674. The molecule has 1 N–H and O–H groups in total. The van der Waals surface area contributed by atoms with E-state index in [0.717, 1.165) is 31.2 Å². The van der Waals surface area contributed by atoms with Gasteiger partial charge in [0.05, 0.1) is 5.60 Å². The van der Waals surface area contributed by atoms with Gasteiger partial charge in [-0.2, -0.15) is 0 Å². The third kappa shape index (κ3) is 2.98. The Morgan fingerprint density at radius 1 is 1.32 bits per heavy atom. The van der Waals surface area contributed by atoms with Crippen LogP contribution in [0, 0.1) is 12.7 Å². The molecule has 0 amide bonds. The van der Waals surface area contributed by atoms with Gasteiger partial charge < -0.3 is 9.84 Å². The Morgan fingerprint density at radius 3 is 2.58 bits per heavy atom.